The maximum Gasteiger partial charge on any atom is 0.254 e. The van der Waals surface area contributed by atoms with Crippen molar-refractivity contribution in [2.45, 2.75) is 50.0 Å². The van der Waals surface area contributed by atoms with E-state index in [1.165, 1.54) is 0 Å². The zero-order valence-corrected chi connectivity index (χ0v) is 21.3. The molecule has 1 amide bonds. The Morgan fingerprint density at radius 1 is 1.00 bits per heavy atom. The highest BCUT2D eigenvalue weighted by Gasteiger charge is 2.44. The fourth-order valence-electron chi connectivity index (χ4n) is 5.83. The van der Waals surface area contributed by atoms with Gasteiger partial charge in [-0.2, -0.15) is 0 Å². The first-order chi connectivity index (χ1) is 18.5. The van der Waals surface area contributed by atoms with Crippen molar-refractivity contribution in [2.24, 2.45) is 0 Å². The minimum Gasteiger partial charge on any atom is -0.380 e. The quantitative estimate of drug-likeness (QED) is 0.461. The van der Waals surface area contributed by atoms with Crippen molar-refractivity contribution in [3.63, 3.8) is 0 Å². The van der Waals surface area contributed by atoms with Crippen LogP contribution in [-0.4, -0.2) is 78.6 Å². The number of rotatable bonds is 5. The van der Waals surface area contributed by atoms with Crippen molar-refractivity contribution in [1.29, 1.82) is 0 Å². The molecule has 11 heteroatoms. The number of nitrogens with one attached hydrogen (secondary N) is 1. The van der Waals surface area contributed by atoms with E-state index in [2.05, 4.69) is 35.1 Å². The molecule has 0 spiro atoms. The molecule has 3 aromatic rings. The molecule has 6 rings (SSSR count). The number of hydrogen-bond donors (Lipinski definition) is 3. The van der Waals surface area contributed by atoms with E-state index in [0.29, 0.717) is 45.6 Å². The van der Waals surface area contributed by atoms with Crippen LogP contribution in [0, 0.1) is 0 Å². The number of nitrogen functional groups attached to an aromatic ring is 1. The predicted molar refractivity (Wildman–Crippen MR) is 143 cm³/mol. The van der Waals surface area contributed by atoms with E-state index < -0.39 is 5.60 Å². The maximum atomic E-state index is 13.5. The number of pyridine rings is 2. The Morgan fingerprint density at radius 2 is 1.74 bits per heavy atom. The molecule has 2 fully saturated rings. The third-order valence-corrected chi connectivity index (χ3v) is 7.93. The average molecular weight is 516 g/mol. The molecule has 6 heterocycles. The first kappa shape index (κ1) is 24.5. The van der Waals surface area contributed by atoms with E-state index in [9.17, 15) is 9.90 Å². The summed E-state index contributed by atoms with van der Waals surface area (Å²) in [6.07, 6.45) is 9.39. The molecule has 198 valence electrons. The summed E-state index contributed by atoms with van der Waals surface area (Å²) in [6.45, 7) is 3.15. The number of aromatic nitrogens is 4. The second-order valence-corrected chi connectivity index (χ2v) is 10.4. The summed E-state index contributed by atoms with van der Waals surface area (Å²) in [4.78, 5) is 37.2. The van der Waals surface area contributed by atoms with E-state index >= 15 is 0 Å². The van der Waals surface area contributed by atoms with E-state index in [4.69, 9.17) is 5.73 Å². The zero-order chi connectivity index (χ0) is 26.1. The fourth-order valence-corrected chi connectivity index (χ4v) is 5.83. The van der Waals surface area contributed by atoms with Crippen LogP contribution in [0.1, 0.15) is 43.1 Å². The van der Waals surface area contributed by atoms with Gasteiger partial charge in [0.1, 0.15) is 11.8 Å². The lowest BCUT2D eigenvalue weighted by Gasteiger charge is -2.43. The molecule has 3 aliphatic rings. The van der Waals surface area contributed by atoms with Crippen LogP contribution in [-0.2, 0) is 11.3 Å². The molecule has 0 radical (unpaired) electrons. The molecule has 0 saturated carbocycles. The summed E-state index contributed by atoms with van der Waals surface area (Å²) < 4.78 is 0. The number of likely N-dealkylation sites (tertiary alicyclic amines) is 2. The number of carbonyl (C=O) groups excluding carboxylic acids is 1. The SMILES string of the molecule is Nc1ncc(CN2CCC(O)(C(=O)N3CCC(N4c5ncccc5NC4c4ccccn4)CC3)CC2)cn1. The molecule has 1 atom stereocenters. The summed E-state index contributed by atoms with van der Waals surface area (Å²) >= 11 is 0. The molecule has 2 saturated heterocycles. The third kappa shape index (κ3) is 4.74. The monoisotopic (exact) mass is 515 g/mol. The standard InChI is InChI=1S/C27H33N9O2/c28-26-31-16-19(17-32-26)18-34-14-8-27(38,9-15-34)25(37)35-12-6-20(7-13-35)36-23-22(5-3-11-30-23)33-24(36)21-4-1-2-10-29-21/h1-5,10-11,16-17,20,24,33,38H,6-9,12-15,18H2,(H2,28,31,32). The van der Waals surface area contributed by atoms with Crippen molar-refractivity contribution >= 4 is 23.4 Å². The van der Waals surface area contributed by atoms with Crippen molar-refractivity contribution in [3.8, 4) is 0 Å². The third-order valence-electron chi connectivity index (χ3n) is 7.93. The maximum absolute atomic E-state index is 13.5. The number of aliphatic hydroxyl groups is 1. The first-order valence-corrected chi connectivity index (χ1v) is 13.2. The molecule has 3 aromatic heterocycles. The number of fused-ring (bicyclic) bond motifs is 1. The highest BCUT2D eigenvalue weighted by molar-refractivity contribution is 5.85. The molecule has 0 aromatic carbocycles. The van der Waals surface area contributed by atoms with Crippen molar-refractivity contribution < 1.29 is 9.90 Å². The highest BCUT2D eigenvalue weighted by atomic mass is 16.3. The van der Waals surface area contributed by atoms with Gasteiger partial charge in [0, 0.05) is 69.1 Å². The topological polar surface area (TPSA) is 137 Å². The summed E-state index contributed by atoms with van der Waals surface area (Å²) in [7, 11) is 0. The lowest BCUT2D eigenvalue weighted by atomic mass is 9.88. The van der Waals surface area contributed by atoms with Crippen LogP contribution >= 0.6 is 0 Å². The van der Waals surface area contributed by atoms with Crippen LogP contribution in [0.3, 0.4) is 0 Å². The molecule has 38 heavy (non-hydrogen) atoms. The average Bonchev–Trinajstić information content (AvgIpc) is 3.35. The van der Waals surface area contributed by atoms with Crippen molar-refractivity contribution in [2.75, 3.05) is 42.1 Å². The number of carbonyl (C=O) groups is 1. The van der Waals surface area contributed by atoms with Gasteiger partial charge in [-0.25, -0.2) is 15.0 Å². The van der Waals surface area contributed by atoms with Crippen molar-refractivity contribution in [3.05, 3.63) is 66.4 Å². The normalized spacial score (nSPS) is 21.7. The minimum atomic E-state index is -1.32. The smallest absolute Gasteiger partial charge is 0.254 e. The summed E-state index contributed by atoms with van der Waals surface area (Å²) in [5.74, 6) is 1.03. The van der Waals surface area contributed by atoms with Gasteiger partial charge in [0.25, 0.3) is 5.91 Å². The van der Waals surface area contributed by atoms with Crippen LogP contribution in [0.5, 0.6) is 0 Å². The molecule has 4 N–H and O–H groups in total. The van der Waals surface area contributed by atoms with Gasteiger partial charge in [0.05, 0.1) is 11.4 Å². The zero-order valence-electron chi connectivity index (χ0n) is 21.3. The number of amides is 1. The molecular weight excluding hydrogens is 482 g/mol. The number of piperidine rings is 2. The van der Waals surface area contributed by atoms with Crippen LogP contribution < -0.4 is 16.0 Å². The Labute approximate surface area is 221 Å². The van der Waals surface area contributed by atoms with Crippen LogP contribution in [0.2, 0.25) is 0 Å². The highest BCUT2D eigenvalue weighted by Crippen LogP contribution is 2.42. The van der Waals surface area contributed by atoms with Gasteiger partial charge in [-0.1, -0.05) is 6.07 Å². The molecule has 0 aliphatic carbocycles. The number of nitrogens with zero attached hydrogens (tertiary/aromatic N) is 7. The van der Waals surface area contributed by atoms with E-state index in [1.54, 1.807) is 12.4 Å². The predicted octanol–water partition coefficient (Wildman–Crippen LogP) is 1.80. The van der Waals surface area contributed by atoms with Gasteiger partial charge < -0.3 is 26.0 Å². The molecule has 11 nitrogen and oxygen atoms in total. The number of hydrogen-bond acceptors (Lipinski definition) is 10. The van der Waals surface area contributed by atoms with Crippen LogP contribution in [0.15, 0.2) is 55.1 Å². The van der Waals surface area contributed by atoms with Crippen LogP contribution in [0.25, 0.3) is 0 Å². The lowest BCUT2D eigenvalue weighted by molar-refractivity contribution is -0.157. The first-order valence-electron chi connectivity index (χ1n) is 13.2. The Bertz CT molecular complexity index is 1260. The molecule has 0 bridgehead atoms. The van der Waals surface area contributed by atoms with Gasteiger partial charge in [-0.15, -0.1) is 0 Å². The molecule has 1 unspecified atom stereocenters. The van der Waals surface area contributed by atoms with E-state index in [-0.39, 0.29) is 24.1 Å². The number of nitrogens with two attached hydrogens (primary N) is 1. The van der Waals surface area contributed by atoms with Gasteiger partial charge in [0.2, 0.25) is 5.95 Å². The van der Waals surface area contributed by atoms with Crippen LogP contribution in [0.4, 0.5) is 17.5 Å². The van der Waals surface area contributed by atoms with Crippen molar-refractivity contribution in [1.82, 2.24) is 29.7 Å². The van der Waals surface area contributed by atoms with Gasteiger partial charge >= 0.3 is 0 Å². The fraction of sp³-hybridized carbons (Fsp3) is 0.444. The van der Waals surface area contributed by atoms with Gasteiger partial charge in [-0.05, 0) is 49.9 Å². The second kappa shape index (κ2) is 10.1. The Morgan fingerprint density at radius 3 is 2.45 bits per heavy atom. The lowest BCUT2D eigenvalue weighted by Crippen LogP contribution is -2.57. The Hall–Kier alpha value is -3.83. The molecule has 3 aliphatic heterocycles. The number of anilines is 3. The van der Waals surface area contributed by atoms with E-state index in [1.807, 2.05) is 47.6 Å². The minimum absolute atomic E-state index is 0.103. The largest absolute Gasteiger partial charge is 0.380 e. The summed E-state index contributed by atoms with van der Waals surface area (Å²) in [5.41, 5.74) is 7.16. The second-order valence-electron chi connectivity index (χ2n) is 10.4. The van der Waals surface area contributed by atoms with Gasteiger partial charge in [-0.3, -0.25) is 14.7 Å². The van der Waals surface area contributed by atoms with Gasteiger partial charge in [0.15, 0.2) is 5.82 Å². The molecular formula is C27H33N9O2. The Balaban J connectivity index is 1.08. The summed E-state index contributed by atoms with van der Waals surface area (Å²) in [5, 5.41) is 14.9. The van der Waals surface area contributed by atoms with E-state index in [0.717, 1.165) is 35.6 Å². The summed E-state index contributed by atoms with van der Waals surface area (Å²) in [6, 6.07) is 10.1. The Kier molecular flexibility index (Phi) is 6.54.